The summed E-state index contributed by atoms with van der Waals surface area (Å²) in [6.45, 7) is 3.43. The van der Waals surface area contributed by atoms with Crippen LogP contribution in [0.4, 0.5) is 4.79 Å². The van der Waals surface area contributed by atoms with Crippen LogP contribution < -0.4 is 10.6 Å². The van der Waals surface area contributed by atoms with E-state index in [0.29, 0.717) is 0 Å². The number of aromatic nitrogens is 2. The first-order chi connectivity index (χ1) is 14.0. The first-order valence-electron chi connectivity index (χ1n) is 9.36. The second-order valence-corrected chi connectivity index (χ2v) is 7.02. The number of carbonyl (C=O) groups excluding carboxylic acids is 3. The summed E-state index contributed by atoms with van der Waals surface area (Å²) in [5.74, 6) is -0.807. The predicted octanol–water partition coefficient (Wildman–Crippen LogP) is 2.06. The number of rotatable bonds is 5. The van der Waals surface area contributed by atoms with Gasteiger partial charge in [0, 0.05) is 16.6 Å². The van der Waals surface area contributed by atoms with Crippen molar-refractivity contribution in [2.45, 2.75) is 19.9 Å². The van der Waals surface area contributed by atoms with E-state index in [9.17, 15) is 14.4 Å². The van der Waals surface area contributed by atoms with Crippen LogP contribution >= 0.6 is 0 Å². The lowest BCUT2D eigenvalue weighted by Crippen LogP contribution is -2.41. The summed E-state index contributed by atoms with van der Waals surface area (Å²) in [5.41, 5.74) is 2.73. The van der Waals surface area contributed by atoms with Crippen LogP contribution in [-0.2, 0) is 9.59 Å². The summed E-state index contributed by atoms with van der Waals surface area (Å²) in [4.78, 5) is 36.5. The van der Waals surface area contributed by atoms with Gasteiger partial charge in [-0.2, -0.15) is 5.10 Å². The van der Waals surface area contributed by atoms with Crippen molar-refractivity contribution >= 4 is 28.6 Å². The van der Waals surface area contributed by atoms with Crippen molar-refractivity contribution in [1.82, 2.24) is 25.3 Å². The molecule has 0 radical (unpaired) electrons. The number of hydrogen-bond donors (Lipinski definition) is 2. The molecule has 0 unspecified atom stereocenters. The molecule has 1 aliphatic rings. The Kier molecular flexibility index (Phi) is 4.75. The largest absolute Gasteiger partial charge is 0.348 e. The van der Waals surface area contributed by atoms with Crippen molar-refractivity contribution in [2.75, 3.05) is 13.1 Å². The third kappa shape index (κ3) is 3.44. The van der Waals surface area contributed by atoms with Gasteiger partial charge in [-0.25, -0.2) is 9.48 Å². The van der Waals surface area contributed by atoms with Crippen molar-refractivity contribution in [1.29, 1.82) is 0 Å². The molecule has 0 bridgehead atoms. The molecule has 4 rings (SSSR count). The summed E-state index contributed by atoms with van der Waals surface area (Å²) in [7, 11) is 0. The topological polar surface area (TPSA) is 96.3 Å². The molecule has 4 amide bonds. The summed E-state index contributed by atoms with van der Waals surface area (Å²) < 4.78 is 1.86. The van der Waals surface area contributed by atoms with Crippen LogP contribution in [0, 0.1) is 6.92 Å². The minimum atomic E-state index is -0.544. The van der Waals surface area contributed by atoms with E-state index in [0.717, 1.165) is 32.6 Å². The molecule has 1 atom stereocenters. The summed E-state index contributed by atoms with van der Waals surface area (Å²) in [6.07, 6.45) is 1.73. The second kappa shape index (κ2) is 7.38. The molecular weight excluding hydrogens is 370 g/mol. The summed E-state index contributed by atoms with van der Waals surface area (Å²) in [6, 6.07) is 13.3. The van der Waals surface area contributed by atoms with Gasteiger partial charge in [-0.15, -0.1) is 0 Å². The Bertz CT molecular complexity index is 1100. The third-order valence-corrected chi connectivity index (χ3v) is 5.13. The summed E-state index contributed by atoms with van der Waals surface area (Å²) in [5, 5.41) is 12.0. The fourth-order valence-electron chi connectivity index (χ4n) is 3.61. The molecule has 0 aliphatic carbocycles. The Morgan fingerprint density at radius 2 is 1.97 bits per heavy atom. The molecule has 1 fully saturated rings. The second-order valence-electron chi connectivity index (χ2n) is 7.02. The SMILES string of the molecule is Cc1c([C@H](C)NC(=O)CN2C(=O)CNC2=O)cnn1-c1cccc2ccccc12. The van der Waals surface area contributed by atoms with Crippen LogP contribution in [-0.4, -0.2) is 45.6 Å². The average molecular weight is 391 g/mol. The van der Waals surface area contributed by atoms with E-state index < -0.39 is 17.8 Å². The number of nitrogens with zero attached hydrogens (tertiary/aromatic N) is 3. The molecule has 0 spiro atoms. The lowest BCUT2D eigenvalue weighted by atomic mass is 10.1. The standard InChI is InChI=1S/C21H21N5O3/c1-13(24-19(27)12-25-20(28)11-22-21(25)29)17-10-23-26(14(17)2)18-9-5-7-15-6-3-4-8-16(15)18/h3-10,13H,11-12H2,1-2H3,(H,22,29)(H,24,27)/t13-/m0/s1. The Hall–Kier alpha value is -3.68. The highest BCUT2D eigenvalue weighted by molar-refractivity contribution is 6.04. The zero-order chi connectivity index (χ0) is 20.5. The van der Waals surface area contributed by atoms with Crippen molar-refractivity contribution < 1.29 is 14.4 Å². The quantitative estimate of drug-likeness (QED) is 0.651. The molecule has 8 heteroatoms. The molecule has 0 saturated carbocycles. The van der Waals surface area contributed by atoms with Crippen LogP contribution in [0.25, 0.3) is 16.5 Å². The molecule has 2 heterocycles. The zero-order valence-electron chi connectivity index (χ0n) is 16.2. The number of imide groups is 1. The van der Waals surface area contributed by atoms with Gasteiger partial charge in [0.05, 0.1) is 24.5 Å². The Labute approximate surface area is 167 Å². The molecule has 1 aliphatic heterocycles. The molecule has 8 nitrogen and oxygen atoms in total. The van der Waals surface area contributed by atoms with Gasteiger partial charge in [-0.05, 0) is 25.3 Å². The number of carbonyl (C=O) groups is 3. The van der Waals surface area contributed by atoms with Gasteiger partial charge in [-0.3, -0.25) is 14.5 Å². The fourth-order valence-corrected chi connectivity index (χ4v) is 3.61. The van der Waals surface area contributed by atoms with E-state index in [1.54, 1.807) is 6.20 Å². The molecule has 2 aromatic carbocycles. The number of benzene rings is 2. The van der Waals surface area contributed by atoms with E-state index in [2.05, 4.69) is 33.9 Å². The summed E-state index contributed by atoms with van der Waals surface area (Å²) >= 11 is 0. The van der Waals surface area contributed by atoms with Crippen LogP contribution in [0.5, 0.6) is 0 Å². The van der Waals surface area contributed by atoms with Crippen molar-refractivity contribution in [3.63, 3.8) is 0 Å². The molecule has 1 aromatic heterocycles. The number of amides is 4. The zero-order valence-corrected chi connectivity index (χ0v) is 16.2. The highest BCUT2D eigenvalue weighted by atomic mass is 16.2. The van der Waals surface area contributed by atoms with E-state index in [4.69, 9.17) is 0 Å². The van der Waals surface area contributed by atoms with Crippen LogP contribution in [0.1, 0.15) is 24.2 Å². The predicted molar refractivity (Wildman–Crippen MR) is 107 cm³/mol. The van der Waals surface area contributed by atoms with Crippen molar-refractivity contribution in [2.24, 2.45) is 0 Å². The monoisotopic (exact) mass is 391 g/mol. The maximum absolute atomic E-state index is 12.3. The van der Waals surface area contributed by atoms with Gasteiger partial charge >= 0.3 is 6.03 Å². The molecule has 2 N–H and O–H groups in total. The van der Waals surface area contributed by atoms with Crippen molar-refractivity contribution in [3.8, 4) is 5.69 Å². The average Bonchev–Trinajstić information content (AvgIpc) is 3.24. The van der Waals surface area contributed by atoms with E-state index in [-0.39, 0.29) is 19.1 Å². The number of hydrogen-bond acceptors (Lipinski definition) is 4. The van der Waals surface area contributed by atoms with Crippen molar-refractivity contribution in [3.05, 3.63) is 59.9 Å². The highest BCUT2D eigenvalue weighted by Crippen LogP contribution is 2.25. The van der Waals surface area contributed by atoms with E-state index in [1.807, 2.05) is 42.8 Å². The fraction of sp³-hybridized carbons (Fsp3) is 0.238. The number of urea groups is 1. The van der Waals surface area contributed by atoms with Gasteiger partial charge in [0.15, 0.2) is 0 Å². The first-order valence-corrected chi connectivity index (χ1v) is 9.36. The Morgan fingerprint density at radius 1 is 1.21 bits per heavy atom. The lowest BCUT2D eigenvalue weighted by molar-refractivity contribution is -0.130. The number of fused-ring (bicyclic) bond motifs is 1. The maximum Gasteiger partial charge on any atom is 0.325 e. The van der Waals surface area contributed by atoms with Gasteiger partial charge < -0.3 is 10.6 Å². The van der Waals surface area contributed by atoms with Crippen LogP contribution in [0.2, 0.25) is 0 Å². The third-order valence-electron chi connectivity index (χ3n) is 5.13. The smallest absolute Gasteiger partial charge is 0.325 e. The minimum absolute atomic E-state index is 0.0709. The molecule has 1 saturated heterocycles. The van der Waals surface area contributed by atoms with Crippen LogP contribution in [0.15, 0.2) is 48.7 Å². The molecular formula is C21H21N5O3. The molecule has 3 aromatic rings. The highest BCUT2D eigenvalue weighted by Gasteiger charge is 2.30. The first kappa shape index (κ1) is 18.7. The van der Waals surface area contributed by atoms with Gasteiger partial charge in [0.1, 0.15) is 6.54 Å². The normalized spacial score (nSPS) is 14.9. The molecule has 148 valence electrons. The Balaban J connectivity index is 1.54. The van der Waals surface area contributed by atoms with Gasteiger partial charge in [-0.1, -0.05) is 36.4 Å². The van der Waals surface area contributed by atoms with E-state index in [1.165, 1.54) is 0 Å². The Morgan fingerprint density at radius 3 is 2.72 bits per heavy atom. The van der Waals surface area contributed by atoms with Gasteiger partial charge in [0.25, 0.3) is 5.91 Å². The molecule has 29 heavy (non-hydrogen) atoms. The van der Waals surface area contributed by atoms with Crippen LogP contribution in [0.3, 0.4) is 0 Å². The van der Waals surface area contributed by atoms with Gasteiger partial charge in [0.2, 0.25) is 5.91 Å². The minimum Gasteiger partial charge on any atom is -0.348 e. The lowest BCUT2D eigenvalue weighted by Gasteiger charge is -2.17. The number of nitrogens with one attached hydrogen (secondary N) is 2. The maximum atomic E-state index is 12.3. The van der Waals surface area contributed by atoms with E-state index >= 15 is 0 Å².